The van der Waals surface area contributed by atoms with Crippen molar-refractivity contribution in [1.82, 2.24) is 10.6 Å². The highest BCUT2D eigenvalue weighted by Crippen LogP contribution is 2.24. The Labute approximate surface area is 133 Å². The van der Waals surface area contributed by atoms with Gasteiger partial charge in [0.15, 0.2) is 0 Å². The summed E-state index contributed by atoms with van der Waals surface area (Å²) in [5, 5.41) is 14.4. The minimum Gasteiger partial charge on any atom is -0.481 e. The van der Waals surface area contributed by atoms with Gasteiger partial charge in [-0.25, -0.2) is 9.59 Å². The Balaban J connectivity index is 1.72. The third-order valence-corrected chi connectivity index (χ3v) is 3.88. The smallest absolute Gasteiger partial charge is 0.373 e. The van der Waals surface area contributed by atoms with E-state index in [1.807, 2.05) is 0 Å². The van der Waals surface area contributed by atoms with Gasteiger partial charge in [0.25, 0.3) is 0 Å². The molecule has 0 spiro atoms. The third kappa shape index (κ3) is 4.73. The lowest BCUT2D eigenvalue weighted by Crippen LogP contribution is -2.43. The summed E-state index contributed by atoms with van der Waals surface area (Å²) < 4.78 is 9.76. The Morgan fingerprint density at radius 3 is 2.57 bits per heavy atom. The maximum Gasteiger partial charge on any atom is 0.373 e. The second kappa shape index (κ2) is 7.66. The molecule has 1 aromatic heterocycles. The van der Waals surface area contributed by atoms with Gasteiger partial charge < -0.3 is 24.9 Å². The molecule has 0 bridgehead atoms. The summed E-state index contributed by atoms with van der Waals surface area (Å²) in [4.78, 5) is 33.9. The van der Waals surface area contributed by atoms with Gasteiger partial charge in [0.05, 0.1) is 19.6 Å². The van der Waals surface area contributed by atoms with Crippen molar-refractivity contribution in [3.05, 3.63) is 23.7 Å². The summed E-state index contributed by atoms with van der Waals surface area (Å²) in [5.41, 5.74) is 0. The Bertz CT molecular complexity index is 574. The number of hydrogen-bond acceptors (Lipinski definition) is 5. The van der Waals surface area contributed by atoms with E-state index in [9.17, 15) is 14.4 Å². The maximum absolute atomic E-state index is 11.8. The molecule has 1 aromatic rings. The zero-order chi connectivity index (χ0) is 16.8. The molecule has 0 unspecified atom stereocenters. The van der Waals surface area contributed by atoms with Gasteiger partial charge in [0.2, 0.25) is 5.76 Å². The van der Waals surface area contributed by atoms with Crippen LogP contribution in [0, 0.1) is 5.92 Å². The number of carboxylic acid groups (broad SMARTS) is 1. The van der Waals surface area contributed by atoms with Crippen molar-refractivity contribution in [2.75, 3.05) is 7.11 Å². The number of hydrogen-bond donors (Lipinski definition) is 3. The third-order valence-electron chi connectivity index (χ3n) is 3.88. The van der Waals surface area contributed by atoms with Gasteiger partial charge >= 0.3 is 18.0 Å². The molecule has 1 heterocycles. The molecule has 1 aliphatic carbocycles. The SMILES string of the molecule is COC(=O)c1ccc(CNC(=O)NC2CCC(C(=O)O)CC2)o1. The van der Waals surface area contributed by atoms with E-state index >= 15 is 0 Å². The predicted octanol–water partition coefficient (Wildman–Crippen LogP) is 1.51. The Morgan fingerprint density at radius 2 is 1.96 bits per heavy atom. The van der Waals surface area contributed by atoms with E-state index in [1.165, 1.54) is 13.2 Å². The highest BCUT2D eigenvalue weighted by Gasteiger charge is 2.26. The molecule has 2 rings (SSSR count). The Hall–Kier alpha value is -2.51. The number of aliphatic carboxylic acids is 1. The number of carboxylic acids is 1. The minimum absolute atomic E-state index is 0.0205. The first-order valence-electron chi connectivity index (χ1n) is 7.43. The summed E-state index contributed by atoms with van der Waals surface area (Å²) in [6.45, 7) is 0.146. The van der Waals surface area contributed by atoms with Gasteiger partial charge in [0, 0.05) is 6.04 Å². The van der Waals surface area contributed by atoms with E-state index in [4.69, 9.17) is 9.52 Å². The van der Waals surface area contributed by atoms with E-state index in [2.05, 4.69) is 15.4 Å². The highest BCUT2D eigenvalue weighted by atomic mass is 16.5. The molecule has 8 nitrogen and oxygen atoms in total. The zero-order valence-corrected chi connectivity index (χ0v) is 12.8. The molecule has 1 aliphatic rings. The molecule has 0 radical (unpaired) electrons. The molecular weight excluding hydrogens is 304 g/mol. The highest BCUT2D eigenvalue weighted by molar-refractivity contribution is 5.86. The summed E-state index contributed by atoms with van der Waals surface area (Å²) in [6.07, 6.45) is 2.44. The van der Waals surface area contributed by atoms with E-state index < -0.39 is 11.9 Å². The average Bonchev–Trinajstić information content (AvgIpc) is 3.01. The van der Waals surface area contributed by atoms with Crippen molar-refractivity contribution in [2.24, 2.45) is 5.92 Å². The topological polar surface area (TPSA) is 118 Å². The van der Waals surface area contributed by atoms with Crippen LogP contribution in [0.2, 0.25) is 0 Å². The van der Waals surface area contributed by atoms with Crippen molar-refractivity contribution in [3.8, 4) is 0 Å². The number of amides is 2. The summed E-state index contributed by atoms with van der Waals surface area (Å²) in [7, 11) is 1.26. The number of urea groups is 1. The monoisotopic (exact) mass is 324 g/mol. The molecule has 0 aliphatic heterocycles. The summed E-state index contributed by atoms with van der Waals surface area (Å²) >= 11 is 0. The van der Waals surface area contributed by atoms with Gasteiger partial charge in [-0.3, -0.25) is 4.79 Å². The minimum atomic E-state index is -0.771. The van der Waals surface area contributed by atoms with E-state index in [0.717, 1.165) is 0 Å². The molecular formula is C15H20N2O6. The first kappa shape index (κ1) is 16.9. The van der Waals surface area contributed by atoms with E-state index in [-0.39, 0.29) is 30.3 Å². The lowest BCUT2D eigenvalue weighted by Gasteiger charge is -2.26. The van der Waals surface area contributed by atoms with Crippen LogP contribution in [0.4, 0.5) is 4.79 Å². The van der Waals surface area contributed by atoms with Crippen molar-refractivity contribution in [3.63, 3.8) is 0 Å². The van der Waals surface area contributed by atoms with Gasteiger partial charge in [-0.2, -0.15) is 0 Å². The van der Waals surface area contributed by atoms with Crippen LogP contribution in [0.5, 0.6) is 0 Å². The fourth-order valence-corrected chi connectivity index (χ4v) is 2.57. The normalized spacial score (nSPS) is 20.6. The molecule has 1 fully saturated rings. The first-order chi connectivity index (χ1) is 11.0. The second-order valence-electron chi connectivity index (χ2n) is 5.47. The molecule has 0 atom stereocenters. The number of carbonyl (C=O) groups excluding carboxylic acids is 2. The van der Waals surface area contributed by atoms with Gasteiger partial charge in [-0.05, 0) is 37.8 Å². The number of rotatable bonds is 5. The molecule has 126 valence electrons. The predicted molar refractivity (Wildman–Crippen MR) is 78.8 cm³/mol. The second-order valence-corrected chi connectivity index (χ2v) is 5.47. The number of methoxy groups -OCH3 is 1. The summed E-state index contributed by atoms with van der Waals surface area (Å²) in [6, 6.07) is 2.70. The molecule has 1 saturated carbocycles. The van der Waals surface area contributed by atoms with Crippen LogP contribution in [0.3, 0.4) is 0 Å². The van der Waals surface area contributed by atoms with Crippen molar-refractivity contribution in [1.29, 1.82) is 0 Å². The first-order valence-corrected chi connectivity index (χ1v) is 7.43. The van der Waals surface area contributed by atoms with Crippen LogP contribution >= 0.6 is 0 Å². The molecule has 23 heavy (non-hydrogen) atoms. The van der Waals surface area contributed by atoms with Gasteiger partial charge in [-0.15, -0.1) is 0 Å². The Morgan fingerprint density at radius 1 is 1.26 bits per heavy atom. The van der Waals surface area contributed by atoms with E-state index in [1.54, 1.807) is 6.07 Å². The zero-order valence-electron chi connectivity index (χ0n) is 12.8. The van der Waals surface area contributed by atoms with Crippen molar-refractivity contribution < 1.29 is 28.6 Å². The van der Waals surface area contributed by atoms with Crippen molar-refractivity contribution in [2.45, 2.75) is 38.3 Å². The quantitative estimate of drug-likeness (QED) is 0.707. The number of carbonyl (C=O) groups is 3. The van der Waals surface area contributed by atoms with E-state index in [0.29, 0.717) is 31.4 Å². The van der Waals surface area contributed by atoms with Crippen LogP contribution in [-0.2, 0) is 16.1 Å². The Kier molecular flexibility index (Phi) is 5.61. The van der Waals surface area contributed by atoms with Crippen molar-refractivity contribution >= 4 is 18.0 Å². The molecule has 0 aromatic carbocycles. The lowest BCUT2D eigenvalue weighted by atomic mass is 9.86. The maximum atomic E-state index is 11.8. The molecule has 8 heteroatoms. The van der Waals surface area contributed by atoms with Crippen LogP contribution in [-0.4, -0.2) is 36.2 Å². The van der Waals surface area contributed by atoms with Crippen LogP contribution < -0.4 is 10.6 Å². The summed E-state index contributed by atoms with van der Waals surface area (Å²) in [5.74, 6) is -1.13. The average molecular weight is 324 g/mol. The molecule has 3 N–H and O–H groups in total. The largest absolute Gasteiger partial charge is 0.481 e. The lowest BCUT2D eigenvalue weighted by molar-refractivity contribution is -0.142. The number of nitrogens with one attached hydrogen (secondary N) is 2. The molecule has 2 amide bonds. The van der Waals surface area contributed by atoms with Crippen LogP contribution in [0.25, 0.3) is 0 Å². The molecule has 0 saturated heterocycles. The number of esters is 1. The fraction of sp³-hybridized carbons (Fsp3) is 0.533. The standard InChI is InChI=1S/C15H20N2O6/c1-22-14(20)12-7-6-11(23-12)8-16-15(21)17-10-4-2-9(3-5-10)13(18)19/h6-7,9-10H,2-5,8H2,1H3,(H,18,19)(H2,16,17,21). The van der Waals surface area contributed by atoms with Crippen LogP contribution in [0.1, 0.15) is 42.0 Å². The number of furan rings is 1. The van der Waals surface area contributed by atoms with Gasteiger partial charge in [0.1, 0.15) is 5.76 Å². The van der Waals surface area contributed by atoms with Crippen LogP contribution in [0.15, 0.2) is 16.5 Å². The number of ether oxygens (including phenoxy) is 1. The van der Waals surface area contributed by atoms with Gasteiger partial charge in [-0.1, -0.05) is 0 Å². The fourth-order valence-electron chi connectivity index (χ4n) is 2.57.